The molecule has 5 nitrogen and oxygen atoms in total. The molecule has 1 heterocycles. The predicted molar refractivity (Wildman–Crippen MR) is 116 cm³/mol. The SMILES string of the molecule is CC(C)c1ccc([C@@H]([NH2+][C@H](C(=O)NC(N)=O)c2ccccc2)c2cccs2)cc1. The molecule has 3 rings (SSSR count). The summed E-state index contributed by atoms with van der Waals surface area (Å²) in [5.41, 5.74) is 8.39. The van der Waals surface area contributed by atoms with Crippen molar-refractivity contribution in [1.29, 1.82) is 0 Å². The van der Waals surface area contributed by atoms with Crippen molar-refractivity contribution >= 4 is 23.3 Å². The maximum absolute atomic E-state index is 12.8. The lowest BCUT2D eigenvalue weighted by atomic mass is 9.97. The van der Waals surface area contributed by atoms with Gasteiger partial charge in [-0.3, -0.25) is 10.1 Å². The highest BCUT2D eigenvalue weighted by molar-refractivity contribution is 7.10. The number of nitrogens with two attached hydrogens (primary N) is 2. The average molecular weight is 409 g/mol. The third-order valence-electron chi connectivity index (χ3n) is 4.88. The smallest absolute Gasteiger partial charge is 0.319 e. The van der Waals surface area contributed by atoms with Crippen molar-refractivity contribution in [2.24, 2.45) is 5.73 Å². The van der Waals surface area contributed by atoms with Gasteiger partial charge in [-0.05, 0) is 22.9 Å². The Morgan fingerprint density at radius 1 is 0.897 bits per heavy atom. The highest BCUT2D eigenvalue weighted by atomic mass is 32.1. The molecule has 1 aromatic heterocycles. The van der Waals surface area contributed by atoms with E-state index in [0.717, 1.165) is 16.0 Å². The zero-order valence-corrected chi connectivity index (χ0v) is 17.4. The van der Waals surface area contributed by atoms with Crippen LogP contribution in [0, 0.1) is 0 Å². The molecule has 0 aliphatic rings. The van der Waals surface area contributed by atoms with Crippen LogP contribution in [0.25, 0.3) is 0 Å². The topological polar surface area (TPSA) is 88.8 Å². The third-order valence-corrected chi connectivity index (χ3v) is 5.84. The van der Waals surface area contributed by atoms with E-state index in [1.54, 1.807) is 11.3 Å². The van der Waals surface area contributed by atoms with Crippen LogP contribution >= 0.6 is 11.3 Å². The zero-order chi connectivity index (χ0) is 20.8. The summed E-state index contributed by atoms with van der Waals surface area (Å²) in [5, 5.41) is 6.26. The van der Waals surface area contributed by atoms with Crippen LogP contribution in [0.1, 0.15) is 53.4 Å². The third kappa shape index (κ3) is 5.31. The van der Waals surface area contributed by atoms with Gasteiger partial charge in [0.05, 0.1) is 4.88 Å². The van der Waals surface area contributed by atoms with Crippen molar-refractivity contribution in [3.63, 3.8) is 0 Å². The van der Waals surface area contributed by atoms with Gasteiger partial charge in [-0.2, -0.15) is 0 Å². The Balaban J connectivity index is 1.97. The number of carbonyl (C=O) groups excluding carboxylic acids is 2. The van der Waals surface area contributed by atoms with E-state index in [9.17, 15) is 9.59 Å². The standard InChI is InChI=1S/C23H25N3O2S/c1-15(2)16-10-12-18(13-11-16)20(19-9-6-14-29-19)25-21(22(27)26-23(24)28)17-7-4-3-5-8-17/h3-15,20-21,25H,1-2H3,(H3,24,26,27,28)/p+1/t20-,21+/m1/s1. The summed E-state index contributed by atoms with van der Waals surface area (Å²) < 4.78 is 0. The van der Waals surface area contributed by atoms with Crippen LogP contribution in [0.5, 0.6) is 0 Å². The summed E-state index contributed by atoms with van der Waals surface area (Å²) in [4.78, 5) is 25.2. The van der Waals surface area contributed by atoms with Gasteiger partial charge in [0.25, 0.3) is 5.91 Å². The number of quaternary nitrogens is 1. The van der Waals surface area contributed by atoms with Crippen LogP contribution in [0.2, 0.25) is 0 Å². The molecular formula is C23H26N3O2S+. The number of nitrogens with one attached hydrogen (secondary N) is 1. The Morgan fingerprint density at radius 3 is 2.10 bits per heavy atom. The molecule has 3 aromatic rings. The highest BCUT2D eigenvalue weighted by Crippen LogP contribution is 2.26. The van der Waals surface area contributed by atoms with E-state index in [4.69, 9.17) is 5.73 Å². The van der Waals surface area contributed by atoms with Crippen LogP contribution in [0.3, 0.4) is 0 Å². The second-order valence-electron chi connectivity index (χ2n) is 7.25. The molecule has 0 bridgehead atoms. The summed E-state index contributed by atoms with van der Waals surface area (Å²) in [6.45, 7) is 4.33. The van der Waals surface area contributed by atoms with Crippen molar-refractivity contribution in [1.82, 2.24) is 5.32 Å². The molecule has 2 aromatic carbocycles. The fourth-order valence-electron chi connectivity index (χ4n) is 3.33. The molecule has 3 amide bonds. The van der Waals surface area contributed by atoms with E-state index in [2.05, 4.69) is 49.5 Å². The van der Waals surface area contributed by atoms with Crippen LogP contribution < -0.4 is 16.4 Å². The van der Waals surface area contributed by atoms with Gasteiger partial charge >= 0.3 is 6.03 Å². The molecule has 6 heteroatoms. The Kier molecular flexibility index (Phi) is 6.80. The Bertz CT molecular complexity index is 938. The summed E-state index contributed by atoms with van der Waals surface area (Å²) in [5.74, 6) is 0.0238. The van der Waals surface area contributed by atoms with E-state index < -0.39 is 18.0 Å². The summed E-state index contributed by atoms with van der Waals surface area (Å²) in [6, 6.07) is 20.5. The van der Waals surface area contributed by atoms with Gasteiger partial charge in [-0.15, -0.1) is 11.3 Å². The molecule has 2 atom stereocenters. The Morgan fingerprint density at radius 2 is 1.55 bits per heavy atom. The fourth-order valence-corrected chi connectivity index (χ4v) is 4.16. The van der Waals surface area contributed by atoms with Gasteiger partial charge in [0.15, 0.2) is 6.04 Å². The van der Waals surface area contributed by atoms with E-state index in [1.807, 2.05) is 47.1 Å². The molecule has 150 valence electrons. The molecule has 0 spiro atoms. The normalized spacial score (nSPS) is 13.1. The lowest BCUT2D eigenvalue weighted by Gasteiger charge is -2.22. The number of hydrogen-bond acceptors (Lipinski definition) is 3. The Hall–Kier alpha value is -2.96. The summed E-state index contributed by atoms with van der Waals surface area (Å²) >= 11 is 1.64. The maximum atomic E-state index is 12.8. The number of rotatable bonds is 7. The van der Waals surface area contributed by atoms with E-state index in [-0.39, 0.29) is 6.04 Å². The van der Waals surface area contributed by atoms with E-state index in [1.165, 1.54) is 5.56 Å². The van der Waals surface area contributed by atoms with Crippen molar-refractivity contribution in [3.8, 4) is 0 Å². The second-order valence-corrected chi connectivity index (χ2v) is 8.23. The van der Waals surface area contributed by atoms with Gasteiger partial charge in [-0.1, -0.05) is 74.5 Å². The number of hydrogen-bond donors (Lipinski definition) is 3. The van der Waals surface area contributed by atoms with Gasteiger partial charge < -0.3 is 11.1 Å². The molecule has 0 unspecified atom stereocenters. The first-order valence-corrected chi connectivity index (χ1v) is 10.5. The van der Waals surface area contributed by atoms with Crippen LogP contribution in [0.4, 0.5) is 4.79 Å². The minimum absolute atomic E-state index is 0.0833. The molecule has 0 saturated carbocycles. The summed E-state index contributed by atoms with van der Waals surface area (Å²) in [7, 11) is 0. The molecule has 0 radical (unpaired) electrons. The number of thiophene rings is 1. The first kappa shape index (κ1) is 20.8. The van der Waals surface area contributed by atoms with Crippen molar-refractivity contribution < 1.29 is 14.9 Å². The number of carbonyl (C=O) groups is 2. The highest BCUT2D eigenvalue weighted by Gasteiger charge is 2.31. The minimum Gasteiger partial charge on any atom is -0.351 e. The lowest BCUT2D eigenvalue weighted by molar-refractivity contribution is -0.713. The minimum atomic E-state index is -0.849. The van der Waals surface area contributed by atoms with Gasteiger partial charge in [0.2, 0.25) is 0 Å². The number of urea groups is 1. The second kappa shape index (κ2) is 9.49. The first-order chi connectivity index (χ1) is 14.0. The Labute approximate surface area is 175 Å². The van der Waals surface area contributed by atoms with Crippen LogP contribution in [-0.4, -0.2) is 11.9 Å². The molecule has 0 saturated heterocycles. The average Bonchev–Trinajstić information content (AvgIpc) is 3.23. The van der Waals surface area contributed by atoms with Gasteiger partial charge in [0.1, 0.15) is 6.04 Å². The van der Waals surface area contributed by atoms with Crippen LogP contribution in [0.15, 0.2) is 72.1 Å². The van der Waals surface area contributed by atoms with Crippen molar-refractivity contribution in [2.45, 2.75) is 31.8 Å². The number of amides is 3. The molecule has 0 aliphatic carbocycles. The molecule has 5 N–H and O–H groups in total. The maximum Gasteiger partial charge on any atom is 0.319 e. The number of benzene rings is 2. The van der Waals surface area contributed by atoms with Crippen LogP contribution in [-0.2, 0) is 4.79 Å². The quantitative estimate of drug-likeness (QED) is 0.559. The largest absolute Gasteiger partial charge is 0.351 e. The molecular weight excluding hydrogens is 382 g/mol. The molecule has 0 aliphatic heterocycles. The van der Waals surface area contributed by atoms with Gasteiger partial charge in [-0.25, -0.2) is 4.79 Å². The lowest BCUT2D eigenvalue weighted by Crippen LogP contribution is -2.88. The summed E-state index contributed by atoms with van der Waals surface area (Å²) in [6.07, 6.45) is 0. The van der Waals surface area contributed by atoms with Crippen molar-refractivity contribution in [2.75, 3.05) is 0 Å². The first-order valence-electron chi connectivity index (χ1n) is 9.59. The van der Waals surface area contributed by atoms with Crippen molar-refractivity contribution in [3.05, 3.63) is 93.7 Å². The molecule has 0 fully saturated rings. The van der Waals surface area contributed by atoms with E-state index in [0.29, 0.717) is 5.92 Å². The number of primary amides is 1. The molecule has 29 heavy (non-hydrogen) atoms. The monoisotopic (exact) mass is 408 g/mol. The zero-order valence-electron chi connectivity index (χ0n) is 16.5. The van der Waals surface area contributed by atoms with Gasteiger partial charge in [0, 0.05) is 11.1 Å². The fraction of sp³-hybridized carbons (Fsp3) is 0.217. The van der Waals surface area contributed by atoms with E-state index >= 15 is 0 Å². The predicted octanol–water partition coefficient (Wildman–Crippen LogP) is 3.46. The number of imide groups is 1.